The van der Waals surface area contributed by atoms with Crippen LogP contribution in [0.3, 0.4) is 0 Å². The Kier molecular flexibility index (Phi) is 6.70. The topological polar surface area (TPSA) is 52.7 Å². The largest absolute Gasteiger partial charge is 0.340 e. The lowest BCUT2D eigenvalue weighted by atomic mass is 10.0. The molecule has 2 aromatic carbocycles. The van der Waals surface area contributed by atoms with Crippen LogP contribution in [0.4, 0.5) is 5.69 Å². The number of amides is 2. The van der Waals surface area contributed by atoms with Crippen molar-refractivity contribution in [3.05, 3.63) is 64.7 Å². The summed E-state index contributed by atoms with van der Waals surface area (Å²) in [4.78, 5) is 29.4. The molecule has 2 aromatic rings. The summed E-state index contributed by atoms with van der Waals surface area (Å²) >= 11 is 0. The Morgan fingerprint density at radius 2 is 1.66 bits per heavy atom. The van der Waals surface area contributed by atoms with Crippen LogP contribution in [0.25, 0.3) is 0 Å². The summed E-state index contributed by atoms with van der Waals surface area (Å²) in [6, 6.07) is 13.8. The fraction of sp³-hybridized carbons (Fsp3) is 0.417. The summed E-state index contributed by atoms with van der Waals surface area (Å²) in [5, 5.41) is 3.05. The zero-order valence-electron chi connectivity index (χ0n) is 17.9. The van der Waals surface area contributed by atoms with E-state index in [2.05, 4.69) is 16.3 Å². The van der Waals surface area contributed by atoms with Gasteiger partial charge in [-0.15, -0.1) is 0 Å². The third kappa shape index (κ3) is 5.24. The molecule has 0 spiro atoms. The molecule has 1 saturated heterocycles. The molecular formula is C24H31N3O2. The van der Waals surface area contributed by atoms with Gasteiger partial charge in [0, 0.05) is 31.9 Å². The number of carbonyl (C=O) groups is 2. The van der Waals surface area contributed by atoms with E-state index in [1.165, 1.54) is 5.56 Å². The van der Waals surface area contributed by atoms with Gasteiger partial charge in [-0.2, -0.15) is 0 Å². The van der Waals surface area contributed by atoms with Crippen molar-refractivity contribution >= 4 is 17.5 Å². The zero-order valence-corrected chi connectivity index (χ0v) is 17.9. The second kappa shape index (κ2) is 9.23. The molecule has 5 heteroatoms. The molecule has 29 heavy (non-hydrogen) atoms. The Bertz CT molecular complexity index is 885. The van der Waals surface area contributed by atoms with Crippen LogP contribution in [0.1, 0.15) is 29.2 Å². The highest BCUT2D eigenvalue weighted by molar-refractivity contribution is 5.95. The van der Waals surface area contributed by atoms with Crippen molar-refractivity contribution in [2.45, 2.75) is 40.2 Å². The summed E-state index contributed by atoms with van der Waals surface area (Å²) in [6.07, 6.45) is 0.440. The van der Waals surface area contributed by atoms with E-state index >= 15 is 0 Å². The smallest absolute Gasteiger partial charge is 0.241 e. The number of piperazine rings is 1. The summed E-state index contributed by atoms with van der Waals surface area (Å²) in [5.74, 6) is 0.156. The predicted molar refractivity (Wildman–Crippen MR) is 117 cm³/mol. The Morgan fingerprint density at radius 3 is 2.31 bits per heavy atom. The fourth-order valence-electron chi connectivity index (χ4n) is 3.80. The fourth-order valence-corrected chi connectivity index (χ4v) is 3.80. The van der Waals surface area contributed by atoms with Crippen molar-refractivity contribution in [1.82, 2.24) is 9.80 Å². The van der Waals surface area contributed by atoms with Gasteiger partial charge >= 0.3 is 0 Å². The molecule has 1 atom stereocenters. The van der Waals surface area contributed by atoms with Gasteiger partial charge in [0.2, 0.25) is 11.8 Å². The lowest BCUT2D eigenvalue weighted by Crippen LogP contribution is -2.54. The third-order valence-corrected chi connectivity index (χ3v) is 5.84. The highest BCUT2D eigenvalue weighted by Crippen LogP contribution is 2.18. The molecule has 1 N–H and O–H groups in total. The lowest BCUT2D eigenvalue weighted by Gasteiger charge is -2.37. The van der Waals surface area contributed by atoms with E-state index in [9.17, 15) is 9.59 Å². The minimum Gasteiger partial charge on any atom is -0.340 e. The second-order valence-corrected chi connectivity index (χ2v) is 8.00. The zero-order chi connectivity index (χ0) is 21.0. The molecular weight excluding hydrogens is 362 g/mol. The molecule has 1 heterocycles. The monoisotopic (exact) mass is 393 g/mol. The molecule has 1 fully saturated rings. The van der Waals surface area contributed by atoms with Crippen molar-refractivity contribution in [3.63, 3.8) is 0 Å². The van der Waals surface area contributed by atoms with E-state index in [1.54, 1.807) is 0 Å². The highest BCUT2D eigenvalue weighted by atomic mass is 16.2. The van der Waals surface area contributed by atoms with Crippen LogP contribution in [0, 0.1) is 20.8 Å². The van der Waals surface area contributed by atoms with Gasteiger partial charge in [0.15, 0.2) is 0 Å². The van der Waals surface area contributed by atoms with E-state index in [-0.39, 0.29) is 17.9 Å². The van der Waals surface area contributed by atoms with Gasteiger partial charge in [-0.05, 0) is 50.5 Å². The van der Waals surface area contributed by atoms with Crippen LogP contribution in [0.2, 0.25) is 0 Å². The van der Waals surface area contributed by atoms with Crippen LogP contribution in [0.5, 0.6) is 0 Å². The molecule has 2 amide bonds. The number of rotatable bonds is 5. The van der Waals surface area contributed by atoms with Gasteiger partial charge in [-0.3, -0.25) is 14.5 Å². The van der Waals surface area contributed by atoms with Gasteiger partial charge in [0.25, 0.3) is 0 Å². The number of nitrogens with one attached hydrogen (secondary N) is 1. The SMILES string of the molecule is Cc1ccc(NC(=O)C(C)N2CCN(C(=O)Cc3ccccc3C)CC2)c(C)c1. The Labute approximate surface area is 173 Å². The van der Waals surface area contributed by atoms with E-state index in [4.69, 9.17) is 0 Å². The molecule has 154 valence electrons. The Hall–Kier alpha value is -2.66. The van der Waals surface area contributed by atoms with Crippen molar-refractivity contribution in [3.8, 4) is 0 Å². The van der Waals surface area contributed by atoms with Crippen LogP contribution in [0.15, 0.2) is 42.5 Å². The maximum atomic E-state index is 12.7. The van der Waals surface area contributed by atoms with Crippen LogP contribution >= 0.6 is 0 Å². The normalized spacial score (nSPS) is 15.8. The summed E-state index contributed by atoms with van der Waals surface area (Å²) in [5.41, 5.74) is 5.34. The van der Waals surface area contributed by atoms with Gasteiger partial charge in [-0.1, -0.05) is 42.0 Å². The van der Waals surface area contributed by atoms with E-state index in [0.717, 1.165) is 22.4 Å². The second-order valence-electron chi connectivity index (χ2n) is 8.00. The first kappa shape index (κ1) is 21.1. The van der Waals surface area contributed by atoms with Gasteiger partial charge in [0.05, 0.1) is 12.5 Å². The number of anilines is 1. The minimum atomic E-state index is -0.232. The first-order valence-electron chi connectivity index (χ1n) is 10.3. The van der Waals surface area contributed by atoms with Gasteiger partial charge < -0.3 is 10.2 Å². The summed E-state index contributed by atoms with van der Waals surface area (Å²) in [6.45, 7) is 10.8. The third-order valence-electron chi connectivity index (χ3n) is 5.84. The van der Waals surface area contributed by atoms with Crippen molar-refractivity contribution in [2.75, 3.05) is 31.5 Å². The van der Waals surface area contributed by atoms with Gasteiger partial charge in [0.1, 0.15) is 0 Å². The molecule has 3 rings (SSSR count). The summed E-state index contributed by atoms with van der Waals surface area (Å²) in [7, 11) is 0. The first-order valence-corrected chi connectivity index (χ1v) is 10.3. The number of hydrogen-bond acceptors (Lipinski definition) is 3. The van der Waals surface area contributed by atoms with Crippen molar-refractivity contribution in [1.29, 1.82) is 0 Å². The van der Waals surface area contributed by atoms with E-state index in [0.29, 0.717) is 32.6 Å². The lowest BCUT2D eigenvalue weighted by molar-refractivity contribution is -0.133. The number of nitrogens with zero attached hydrogens (tertiary/aromatic N) is 2. The van der Waals surface area contributed by atoms with E-state index < -0.39 is 0 Å². The van der Waals surface area contributed by atoms with Crippen molar-refractivity contribution in [2.24, 2.45) is 0 Å². The maximum Gasteiger partial charge on any atom is 0.241 e. The molecule has 0 saturated carbocycles. The summed E-state index contributed by atoms with van der Waals surface area (Å²) < 4.78 is 0. The van der Waals surface area contributed by atoms with E-state index in [1.807, 2.05) is 69.0 Å². The number of aryl methyl sites for hydroxylation is 3. The van der Waals surface area contributed by atoms with Crippen LogP contribution in [-0.4, -0.2) is 53.8 Å². The van der Waals surface area contributed by atoms with Crippen molar-refractivity contribution < 1.29 is 9.59 Å². The predicted octanol–water partition coefficient (Wildman–Crippen LogP) is 3.33. The minimum absolute atomic E-state index is 0.00311. The number of carbonyl (C=O) groups excluding carboxylic acids is 2. The molecule has 0 aliphatic carbocycles. The average Bonchev–Trinajstić information content (AvgIpc) is 2.71. The van der Waals surface area contributed by atoms with Gasteiger partial charge in [-0.25, -0.2) is 0 Å². The Morgan fingerprint density at radius 1 is 0.966 bits per heavy atom. The molecule has 1 aliphatic rings. The molecule has 0 aromatic heterocycles. The van der Waals surface area contributed by atoms with Crippen LogP contribution in [-0.2, 0) is 16.0 Å². The maximum absolute atomic E-state index is 12.7. The molecule has 1 aliphatic heterocycles. The molecule has 0 radical (unpaired) electrons. The standard InChI is InChI=1S/C24H31N3O2/c1-17-9-10-22(19(3)15-17)25-24(29)20(4)26-11-13-27(14-12-26)23(28)16-21-8-6-5-7-18(21)2/h5-10,15,20H,11-14,16H2,1-4H3,(H,25,29). The molecule has 0 bridgehead atoms. The highest BCUT2D eigenvalue weighted by Gasteiger charge is 2.27. The quantitative estimate of drug-likeness (QED) is 0.848. The average molecular weight is 394 g/mol. The Balaban J connectivity index is 1.52. The first-order chi connectivity index (χ1) is 13.8. The number of hydrogen-bond donors (Lipinski definition) is 1. The molecule has 1 unspecified atom stereocenters. The molecule has 5 nitrogen and oxygen atoms in total. The van der Waals surface area contributed by atoms with Crippen LogP contribution < -0.4 is 5.32 Å². The number of benzene rings is 2.